The van der Waals surface area contributed by atoms with Crippen LogP contribution in [-0.4, -0.2) is 30.8 Å². The van der Waals surface area contributed by atoms with Gasteiger partial charge in [0.2, 0.25) is 0 Å². The highest BCUT2D eigenvalue weighted by Crippen LogP contribution is 2.15. The van der Waals surface area contributed by atoms with Gasteiger partial charge in [-0.05, 0) is 30.3 Å². The van der Waals surface area contributed by atoms with Gasteiger partial charge in [0.1, 0.15) is 11.6 Å². The molecule has 0 unspecified atom stereocenters. The molecule has 0 fully saturated rings. The van der Waals surface area contributed by atoms with Crippen LogP contribution in [0.3, 0.4) is 0 Å². The summed E-state index contributed by atoms with van der Waals surface area (Å²) < 4.78 is 26.2. The Hall–Kier alpha value is -2.76. The molecule has 0 radical (unpaired) electrons. The van der Waals surface area contributed by atoms with Crippen molar-refractivity contribution in [3.8, 4) is 0 Å². The van der Waals surface area contributed by atoms with Gasteiger partial charge >= 0.3 is 0 Å². The number of anilines is 1. The number of nitrogens with zero attached hydrogens (tertiary/aromatic N) is 1. The maximum absolute atomic E-state index is 13.1. The highest BCUT2D eigenvalue weighted by atomic mass is 19.1. The molecule has 1 N–H and O–H groups in total. The van der Waals surface area contributed by atoms with Gasteiger partial charge in [0.25, 0.3) is 11.8 Å². The van der Waals surface area contributed by atoms with Gasteiger partial charge in [0.05, 0.1) is 0 Å². The molecule has 0 aromatic heterocycles. The molecular formula is C16H14F2N2O2. The number of hydrogen-bond acceptors (Lipinski definition) is 2. The third kappa shape index (κ3) is 3.66. The van der Waals surface area contributed by atoms with Gasteiger partial charge in [-0.2, -0.15) is 0 Å². The summed E-state index contributed by atoms with van der Waals surface area (Å²) in [5.41, 5.74) is 0.623. The average Bonchev–Trinajstić information content (AvgIpc) is 2.45. The lowest BCUT2D eigenvalue weighted by Gasteiger charge is -2.11. The summed E-state index contributed by atoms with van der Waals surface area (Å²) in [4.78, 5) is 25.3. The molecule has 0 aliphatic carbocycles. The SMILES string of the molecule is CN(C)C(=O)c1cccc(NC(=O)c2cc(F)cc(F)c2)c1. The molecule has 0 saturated heterocycles. The van der Waals surface area contributed by atoms with Crippen LogP contribution in [0.4, 0.5) is 14.5 Å². The van der Waals surface area contributed by atoms with Crippen molar-refractivity contribution in [2.24, 2.45) is 0 Å². The lowest BCUT2D eigenvalue weighted by Crippen LogP contribution is -2.22. The second-order valence-electron chi connectivity index (χ2n) is 4.89. The molecule has 0 atom stereocenters. The van der Waals surface area contributed by atoms with Gasteiger partial charge in [-0.1, -0.05) is 6.07 Å². The fourth-order valence-electron chi connectivity index (χ4n) is 1.88. The Labute approximate surface area is 126 Å². The highest BCUT2D eigenvalue weighted by molar-refractivity contribution is 6.05. The normalized spacial score (nSPS) is 10.2. The molecule has 2 aromatic carbocycles. The molecule has 0 saturated carbocycles. The minimum atomic E-state index is -0.832. The van der Waals surface area contributed by atoms with Crippen molar-refractivity contribution in [1.82, 2.24) is 4.90 Å². The maximum Gasteiger partial charge on any atom is 0.255 e. The number of rotatable bonds is 3. The summed E-state index contributed by atoms with van der Waals surface area (Å²) in [6.45, 7) is 0. The van der Waals surface area contributed by atoms with E-state index in [1.165, 1.54) is 11.0 Å². The second-order valence-corrected chi connectivity index (χ2v) is 4.89. The molecule has 0 bridgehead atoms. The van der Waals surface area contributed by atoms with Gasteiger partial charge < -0.3 is 10.2 Å². The van der Waals surface area contributed by atoms with Crippen LogP contribution in [0.2, 0.25) is 0 Å². The topological polar surface area (TPSA) is 49.4 Å². The van der Waals surface area contributed by atoms with Crippen LogP contribution in [-0.2, 0) is 0 Å². The quantitative estimate of drug-likeness (QED) is 0.948. The fraction of sp³-hybridized carbons (Fsp3) is 0.125. The van der Waals surface area contributed by atoms with Crippen LogP contribution in [0.1, 0.15) is 20.7 Å². The van der Waals surface area contributed by atoms with E-state index in [0.29, 0.717) is 17.3 Å². The molecule has 22 heavy (non-hydrogen) atoms. The minimum Gasteiger partial charge on any atom is -0.345 e. The van der Waals surface area contributed by atoms with Gasteiger partial charge in [0.15, 0.2) is 0 Å². The molecule has 2 rings (SSSR count). The molecule has 0 heterocycles. The predicted octanol–water partition coefficient (Wildman–Crippen LogP) is 2.92. The Bertz CT molecular complexity index is 710. The van der Waals surface area contributed by atoms with E-state index >= 15 is 0 Å². The highest BCUT2D eigenvalue weighted by Gasteiger charge is 2.12. The second kappa shape index (κ2) is 6.34. The van der Waals surface area contributed by atoms with Crippen molar-refractivity contribution < 1.29 is 18.4 Å². The summed E-state index contributed by atoms with van der Waals surface area (Å²) in [5.74, 6) is -2.54. The van der Waals surface area contributed by atoms with Gasteiger partial charge in [0, 0.05) is 37.0 Å². The van der Waals surface area contributed by atoms with Gasteiger partial charge in [-0.25, -0.2) is 8.78 Å². The zero-order chi connectivity index (χ0) is 16.3. The number of hydrogen-bond donors (Lipinski definition) is 1. The summed E-state index contributed by atoms with van der Waals surface area (Å²) in [6.07, 6.45) is 0. The minimum absolute atomic E-state index is 0.137. The summed E-state index contributed by atoms with van der Waals surface area (Å²) in [6, 6.07) is 8.86. The van der Waals surface area contributed by atoms with Crippen molar-refractivity contribution in [2.75, 3.05) is 19.4 Å². The lowest BCUT2D eigenvalue weighted by atomic mass is 10.1. The number of carbonyl (C=O) groups is 2. The van der Waals surface area contributed by atoms with E-state index in [1.807, 2.05) is 0 Å². The fourth-order valence-corrected chi connectivity index (χ4v) is 1.88. The number of benzene rings is 2. The Balaban J connectivity index is 2.21. The van der Waals surface area contributed by atoms with E-state index in [-0.39, 0.29) is 11.5 Å². The number of amides is 2. The van der Waals surface area contributed by atoms with E-state index in [4.69, 9.17) is 0 Å². The molecule has 6 heteroatoms. The van der Waals surface area contributed by atoms with E-state index in [0.717, 1.165) is 12.1 Å². The molecule has 2 amide bonds. The number of carbonyl (C=O) groups excluding carboxylic acids is 2. The average molecular weight is 304 g/mol. The van der Waals surface area contributed by atoms with Crippen LogP contribution in [0.15, 0.2) is 42.5 Å². The van der Waals surface area contributed by atoms with Crippen molar-refractivity contribution in [1.29, 1.82) is 0 Å². The van der Waals surface area contributed by atoms with Gasteiger partial charge in [-0.15, -0.1) is 0 Å². The first kappa shape index (κ1) is 15.6. The number of nitrogens with one attached hydrogen (secondary N) is 1. The molecule has 0 aliphatic heterocycles. The lowest BCUT2D eigenvalue weighted by molar-refractivity contribution is 0.0827. The van der Waals surface area contributed by atoms with E-state index in [1.54, 1.807) is 32.3 Å². The van der Waals surface area contributed by atoms with Crippen molar-refractivity contribution >= 4 is 17.5 Å². The Morgan fingerprint density at radius 3 is 2.18 bits per heavy atom. The van der Waals surface area contributed by atoms with Crippen LogP contribution in [0.25, 0.3) is 0 Å². The van der Waals surface area contributed by atoms with Crippen LogP contribution in [0.5, 0.6) is 0 Å². The Morgan fingerprint density at radius 2 is 1.59 bits per heavy atom. The standard InChI is InChI=1S/C16H14F2N2O2/c1-20(2)16(22)10-4-3-5-14(8-10)19-15(21)11-6-12(17)9-13(18)7-11/h3-9H,1-2H3,(H,19,21). The Morgan fingerprint density at radius 1 is 0.955 bits per heavy atom. The first-order valence-corrected chi connectivity index (χ1v) is 6.46. The van der Waals surface area contributed by atoms with Crippen molar-refractivity contribution in [3.05, 3.63) is 65.2 Å². The van der Waals surface area contributed by atoms with Gasteiger partial charge in [-0.3, -0.25) is 9.59 Å². The van der Waals surface area contributed by atoms with Crippen molar-refractivity contribution in [3.63, 3.8) is 0 Å². The van der Waals surface area contributed by atoms with Crippen LogP contribution in [0, 0.1) is 11.6 Å². The van der Waals surface area contributed by atoms with E-state index in [9.17, 15) is 18.4 Å². The van der Waals surface area contributed by atoms with Crippen molar-refractivity contribution in [2.45, 2.75) is 0 Å². The largest absolute Gasteiger partial charge is 0.345 e. The summed E-state index contributed by atoms with van der Waals surface area (Å²) in [5, 5.41) is 2.50. The predicted molar refractivity (Wildman–Crippen MR) is 78.8 cm³/mol. The molecule has 4 nitrogen and oxygen atoms in total. The smallest absolute Gasteiger partial charge is 0.255 e. The third-order valence-corrected chi connectivity index (χ3v) is 2.90. The number of halogens is 2. The zero-order valence-corrected chi connectivity index (χ0v) is 12.1. The Kier molecular flexibility index (Phi) is 4.50. The zero-order valence-electron chi connectivity index (χ0n) is 12.1. The molecule has 0 spiro atoms. The molecular weight excluding hydrogens is 290 g/mol. The van der Waals surface area contributed by atoms with Crippen LogP contribution >= 0.6 is 0 Å². The maximum atomic E-state index is 13.1. The van der Waals surface area contributed by atoms with E-state index < -0.39 is 17.5 Å². The molecule has 2 aromatic rings. The summed E-state index contributed by atoms with van der Waals surface area (Å²) >= 11 is 0. The molecule has 114 valence electrons. The summed E-state index contributed by atoms with van der Waals surface area (Å²) in [7, 11) is 3.23. The monoisotopic (exact) mass is 304 g/mol. The first-order valence-electron chi connectivity index (χ1n) is 6.46. The molecule has 0 aliphatic rings. The van der Waals surface area contributed by atoms with E-state index in [2.05, 4.69) is 5.32 Å². The first-order chi connectivity index (χ1) is 10.4. The van der Waals surface area contributed by atoms with Crippen LogP contribution < -0.4 is 5.32 Å². The third-order valence-electron chi connectivity index (χ3n) is 2.90.